The molecule has 0 saturated heterocycles. The second-order valence-electron chi connectivity index (χ2n) is 1.82. The fourth-order valence-corrected chi connectivity index (χ4v) is 0.803. The van der Waals surface area contributed by atoms with E-state index in [2.05, 4.69) is 4.98 Å². The first kappa shape index (κ1) is 7.53. The van der Waals surface area contributed by atoms with Crippen LogP contribution in [0.15, 0.2) is 35.1 Å². The van der Waals surface area contributed by atoms with E-state index in [0.717, 1.165) is 11.1 Å². The van der Waals surface area contributed by atoms with E-state index >= 15 is 0 Å². The zero-order valence-electron chi connectivity index (χ0n) is 5.15. The number of hydrogen-bond donors (Lipinski definition) is 0. The molecule has 2 nitrogen and oxygen atoms in total. The number of aromatic nitrogens is 1. The number of hydrogen-bond acceptors (Lipinski definition) is 2. The molecule has 2 aromatic rings. The lowest BCUT2D eigenvalue weighted by molar-refractivity contribution is 0.602. The lowest BCUT2D eigenvalue weighted by Crippen LogP contribution is -1.61. The van der Waals surface area contributed by atoms with Gasteiger partial charge in [-0.05, 0) is 12.1 Å². The van der Waals surface area contributed by atoms with Gasteiger partial charge >= 0.3 is 0 Å². The number of halogens is 1. The van der Waals surface area contributed by atoms with Crippen LogP contribution in [0.25, 0.3) is 11.1 Å². The smallest absolute Gasteiger partial charge is 0.181 e. The molecule has 0 saturated carbocycles. The molecule has 1 aromatic carbocycles. The minimum atomic E-state index is 0. The third kappa shape index (κ3) is 1.13. The van der Waals surface area contributed by atoms with Crippen molar-refractivity contribution in [2.45, 2.75) is 0 Å². The Morgan fingerprint density at radius 1 is 1.20 bits per heavy atom. The van der Waals surface area contributed by atoms with Crippen molar-refractivity contribution in [1.82, 2.24) is 4.98 Å². The summed E-state index contributed by atoms with van der Waals surface area (Å²) in [6.07, 6.45) is 1.45. The predicted molar refractivity (Wildman–Crippen MR) is 49.4 cm³/mol. The van der Waals surface area contributed by atoms with Crippen LogP contribution in [0.2, 0.25) is 0 Å². The minimum absolute atomic E-state index is 0. The molecular weight excluding hydrogens is 241 g/mol. The summed E-state index contributed by atoms with van der Waals surface area (Å²) in [5, 5.41) is 0. The molecule has 0 aliphatic carbocycles. The average Bonchev–Trinajstić information content (AvgIpc) is 2.33. The lowest BCUT2D eigenvalue weighted by atomic mass is 10.3. The highest BCUT2D eigenvalue weighted by Crippen LogP contribution is 2.09. The van der Waals surface area contributed by atoms with E-state index in [1.807, 2.05) is 24.3 Å². The first-order valence-corrected chi connectivity index (χ1v) is 2.75. The van der Waals surface area contributed by atoms with Crippen molar-refractivity contribution in [2.24, 2.45) is 0 Å². The molecule has 0 unspecified atom stereocenters. The number of fused-ring (bicyclic) bond motifs is 1. The molecule has 0 N–H and O–H groups in total. The van der Waals surface area contributed by atoms with Crippen LogP contribution in [0, 0.1) is 0 Å². The Bertz CT molecular complexity index is 288. The van der Waals surface area contributed by atoms with E-state index in [-0.39, 0.29) is 24.0 Å². The summed E-state index contributed by atoms with van der Waals surface area (Å²) in [7, 11) is 0. The quantitative estimate of drug-likeness (QED) is 0.668. The van der Waals surface area contributed by atoms with Gasteiger partial charge < -0.3 is 4.42 Å². The van der Waals surface area contributed by atoms with E-state index in [9.17, 15) is 0 Å². The number of para-hydroxylation sites is 2. The summed E-state index contributed by atoms with van der Waals surface area (Å²) in [5.74, 6) is 0. The Kier molecular flexibility index (Phi) is 2.26. The normalized spacial score (nSPS) is 9.20. The van der Waals surface area contributed by atoms with Crippen LogP contribution >= 0.6 is 24.0 Å². The van der Waals surface area contributed by atoms with Crippen LogP contribution in [0.5, 0.6) is 0 Å². The molecule has 0 atom stereocenters. The van der Waals surface area contributed by atoms with Crippen LogP contribution in [0.3, 0.4) is 0 Å². The van der Waals surface area contributed by atoms with Crippen molar-refractivity contribution in [3.63, 3.8) is 0 Å². The van der Waals surface area contributed by atoms with E-state index < -0.39 is 0 Å². The molecule has 0 aliphatic heterocycles. The second kappa shape index (κ2) is 3.01. The maximum absolute atomic E-state index is 5.01. The Balaban J connectivity index is 0.000000500. The van der Waals surface area contributed by atoms with Gasteiger partial charge in [0.1, 0.15) is 5.52 Å². The average molecular weight is 247 g/mol. The summed E-state index contributed by atoms with van der Waals surface area (Å²) in [6, 6.07) is 7.67. The molecule has 0 fully saturated rings. The van der Waals surface area contributed by atoms with Crippen LogP contribution in [-0.4, -0.2) is 4.98 Å². The molecule has 2 rings (SSSR count). The van der Waals surface area contributed by atoms with Gasteiger partial charge in [0.2, 0.25) is 0 Å². The van der Waals surface area contributed by atoms with E-state index in [1.54, 1.807) is 0 Å². The number of nitrogens with zero attached hydrogens (tertiary/aromatic N) is 1. The molecule has 1 aromatic heterocycles. The number of benzene rings is 1. The van der Waals surface area contributed by atoms with Gasteiger partial charge in [-0.3, -0.25) is 0 Å². The molecule has 0 aliphatic rings. The SMILES string of the molecule is I.c1ccc2ocnc2c1. The Hall–Kier alpha value is -0.580. The standard InChI is InChI=1S/C7H5NO.HI/c1-2-4-7-6(3-1)8-5-9-7;/h1-5H;1H. The van der Waals surface area contributed by atoms with Gasteiger partial charge in [0, 0.05) is 0 Å². The Morgan fingerprint density at radius 3 is 2.80 bits per heavy atom. The molecule has 0 spiro atoms. The highest BCUT2D eigenvalue weighted by Gasteiger charge is 1.91. The molecule has 0 radical (unpaired) electrons. The van der Waals surface area contributed by atoms with Gasteiger partial charge in [-0.15, -0.1) is 24.0 Å². The highest BCUT2D eigenvalue weighted by atomic mass is 127. The van der Waals surface area contributed by atoms with Crippen LogP contribution < -0.4 is 0 Å². The zero-order valence-corrected chi connectivity index (χ0v) is 7.48. The third-order valence-corrected chi connectivity index (χ3v) is 1.24. The van der Waals surface area contributed by atoms with E-state index in [4.69, 9.17) is 4.42 Å². The minimum Gasteiger partial charge on any atom is -0.443 e. The number of rotatable bonds is 0. The molecule has 3 heteroatoms. The van der Waals surface area contributed by atoms with Gasteiger partial charge in [0.15, 0.2) is 12.0 Å². The van der Waals surface area contributed by atoms with Crippen molar-refractivity contribution in [3.8, 4) is 0 Å². The first-order valence-electron chi connectivity index (χ1n) is 2.75. The van der Waals surface area contributed by atoms with Gasteiger partial charge in [0.05, 0.1) is 0 Å². The van der Waals surface area contributed by atoms with Gasteiger partial charge in [-0.25, -0.2) is 4.98 Å². The topological polar surface area (TPSA) is 26.0 Å². The Morgan fingerprint density at radius 2 is 2.00 bits per heavy atom. The summed E-state index contributed by atoms with van der Waals surface area (Å²) in [5.41, 5.74) is 1.76. The monoisotopic (exact) mass is 247 g/mol. The number of oxazole rings is 1. The van der Waals surface area contributed by atoms with Crippen molar-refractivity contribution < 1.29 is 4.42 Å². The molecule has 52 valence electrons. The van der Waals surface area contributed by atoms with Crippen LogP contribution in [0.1, 0.15) is 0 Å². The predicted octanol–water partition coefficient (Wildman–Crippen LogP) is 2.45. The third-order valence-electron chi connectivity index (χ3n) is 1.24. The fraction of sp³-hybridized carbons (Fsp3) is 0. The summed E-state index contributed by atoms with van der Waals surface area (Å²) in [6.45, 7) is 0. The van der Waals surface area contributed by atoms with Crippen molar-refractivity contribution in [2.75, 3.05) is 0 Å². The zero-order chi connectivity index (χ0) is 6.10. The molecule has 0 amide bonds. The molecule has 0 bridgehead atoms. The fourth-order valence-electron chi connectivity index (χ4n) is 0.803. The van der Waals surface area contributed by atoms with Crippen molar-refractivity contribution in [1.29, 1.82) is 0 Å². The van der Waals surface area contributed by atoms with Gasteiger partial charge in [-0.2, -0.15) is 0 Å². The Labute approximate surface area is 75.3 Å². The van der Waals surface area contributed by atoms with Crippen molar-refractivity contribution >= 4 is 35.1 Å². The summed E-state index contributed by atoms with van der Waals surface area (Å²) < 4.78 is 5.01. The van der Waals surface area contributed by atoms with E-state index in [0.29, 0.717) is 0 Å². The van der Waals surface area contributed by atoms with E-state index in [1.165, 1.54) is 6.39 Å². The molecule has 1 heterocycles. The highest BCUT2D eigenvalue weighted by molar-refractivity contribution is 14.0. The summed E-state index contributed by atoms with van der Waals surface area (Å²) >= 11 is 0. The second-order valence-corrected chi connectivity index (χ2v) is 1.82. The van der Waals surface area contributed by atoms with Crippen LogP contribution in [0.4, 0.5) is 0 Å². The summed E-state index contributed by atoms with van der Waals surface area (Å²) in [4.78, 5) is 3.95. The maximum atomic E-state index is 5.01. The van der Waals surface area contributed by atoms with Crippen LogP contribution in [-0.2, 0) is 0 Å². The van der Waals surface area contributed by atoms with Crippen molar-refractivity contribution in [3.05, 3.63) is 30.7 Å². The molecule has 10 heavy (non-hydrogen) atoms. The molecular formula is C7H6INO. The van der Waals surface area contributed by atoms with Gasteiger partial charge in [-0.1, -0.05) is 12.1 Å². The van der Waals surface area contributed by atoms with Gasteiger partial charge in [0.25, 0.3) is 0 Å². The maximum Gasteiger partial charge on any atom is 0.181 e. The first-order chi connectivity index (χ1) is 4.47. The largest absolute Gasteiger partial charge is 0.443 e. The lowest BCUT2D eigenvalue weighted by Gasteiger charge is -1.79.